The molecule has 0 aliphatic heterocycles. The predicted octanol–water partition coefficient (Wildman–Crippen LogP) is 3.26. The van der Waals surface area contributed by atoms with Crippen LogP contribution >= 0.6 is 0 Å². The number of hydrogen-bond acceptors (Lipinski definition) is 2. The lowest BCUT2D eigenvalue weighted by atomic mass is 10.2. The van der Waals surface area contributed by atoms with E-state index in [4.69, 9.17) is 9.47 Å². The summed E-state index contributed by atoms with van der Waals surface area (Å²) >= 11 is 0. The average molecular weight is 252 g/mol. The molecule has 0 saturated heterocycles. The number of rotatable bonds is 4. The number of hydrogen-bond donors (Lipinski definition) is 0. The largest absolute Gasteiger partial charge is 0.497 e. The minimum Gasteiger partial charge on any atom is -0.497 e. The third-order valence-corrected chi connectivity index (χ3v) is 2.61. The maximum absolute atomic E-state index is 5.50. The lowest BCUT2D eigenvalue weighted by molar-refractivity contribution is 0.153. The topological polar surface area (TPSA) is 18.5 Å². The van der Waals surface area contributed by atoms with Crippen LogP contribution in [0.15, 0.2) is 54.6 Å². The molecular weight excluding hydrogens is 236 g/mol. The smallest absolute Gasteiger partial charge is 0.118 e. The number of benzene rings is 2. The fourth-order valence-electron chi connectivity index (χ4n) is 1.60. The molecule has 2 aromatic rings. The molecule has 0 N–H and O–H groups in total. The van der Waals surface area contributed by atoms with Gasteiger partial charge < -0.3 is 9.47 Å². The molecule has 0 unspecified atom stereocenters. The Kier molecular flexibility index (Phi) is 5.04. The van der Waals surface area contributed by atoms with Crippen molar-refractivity contribution in [3.8, 4) is 17.6 Å². The van der Waals surface area contributed by atoms with E-state index in [-0.39, 0.29) is 0 Å². The van der Waals surface area contributed by atoms with Gasteiger partial charge in [0.25, 0.3) is 0 Å². The highest BCUT2D eigenvalue weighted by molar-refractivity contribution is 5.33. The van der Waals surface area contributed by atoms with Gasteiger partial charge in [0.2, 0.25) is 0 Å². The van der Waals surface area contributed by atoms with Gasteiger partial charge >= 0.3 is 0 Å². The molecule has 0 amide bonds. The van der Waals surface area contributed by atoms with Crippen LogP contribution in [0.3, 0.4) is 0 Å². The minimum absolute atomic E-state index is 0.431. The summed E-state index contributed by atoms with van der Waals surface area (Å²) < 4.78 is 10.6. The Labute approximate surface area is 114 Å². The first kappa shape index (κ1) is 13.2. The second kappa shape index (κ2) is 7.25. The molecular formula is C17H16O2. The van der Waals surface area contributed by atoms with Crippen LogP contribution in [0.25, 0.3) is 0 Å². The lowest BCUT2D eigenvalue weighted by Crippen LogP contribution is -1.93. The van der Waals surface area contributed by atoms with Gasteiger partial charge in [0.1, 0.15) is 12.4 Å². The molecule has 0 bridgehead atoms. The molecule has 2 nitrogen and oxygen atoms in total. The molecule has 2 rings (SSSR count). The van der Waals surface area contributed by atoms with Gasteiger partial charge in [-0.2, -0.15) is 0 Å². The summed E-state index contributed by atoms with van der Waals surface area (Å²) in [5.74, 6) is 6.91. The first-order chi connectivity index (χ1) is 9.38. The first-order valence-electron chi connectivity index (χ1n) is 6.13. The maximum Gasteiger partial charge on any atom is 0.118 e. The third-order valence-electron chi connectivity index (χ3n) is 2.61. The highest BCUT2D eigenvalue weighted by atomic mass is 16.5. The van der Waals surface area contributed by atoms with Gasteiger partial charge in [0.05, 0.1) is 13.7 Å². The molecule has 0 spiro atoms. The summed E-state index contributed by atoms with van der Waals surface area (Å²) in [6.45, 7) is 0.994. The standard InChI is InChI=1S/C17H16O2/c1-18-17-11-9-16(10-12-17)14-19-13-5-8-15-6-3-2-4-7-15/h2-4,6-7,9-12H,13-14H2,1H3. The summed E-state index contributed by atoms with van der Waals surface area (Å²) in [5, 5.41) is 0. The highest BCUT2D eigenvalue weighted by Gasteiger charge is 1.93. The Balaban J connectivity index is 1.76. The second-order valence-electron chi connectivity index (χ2n) is 4.01. The van der Waals surface area contributed by atoms with E-state index in [1.54, 1.807) is 7.11 Å². The van der Waals surface area contributed by atoms with Gasteiger partial charge in [0.15, 0.2) is 0 Å². The van der Waals surface area contributed by atoms with E-state index in [1.807, 2.05) is 54.6 Å². The van der Waals surface area contributed by atoms with Gasteiger partial charge in [-0.3, -0.25) is 0 Å². The zero-order chi connectivity index (χ0) is 13.3. The molecule has 0 saturated carbocycles. The molecule has 0 aliphatic rings. The van der Waals surface area contributed by atoms with Crippen molar-refractivity contribution in [3.63, 3.8) is 0 Å². The molecule has 2 aromatic carbocycles. The lowest BCUT2D eigenvalue weighted by Gasteiger charge is -2.02. The molecule has 0 radical (unpaired) electrons. The Morgan fingerprint density at radius 2 is 1.68 bits per heavy atom. The van der Waals surface area contributed by atoms with Crippen LogP contribution in [-0.4, -0.2) is 13.7 Å². The van der Waals surface area contributed by atoms with Crippen LogP contribution in [0.1, 0.15) is 11.1 Å². The molecule has 0 aromatic heterocycles. The summed E-state index contributed by atoms with van der Waals surface area (Å²) in [6, 6.07) is 17.7. The van der Waals surface area contributed by atoms with Gasteiger partial charge in [-0.15, -0.1) is 0 Å². The Morgan fingerprint density at radius 3 is 2.37 bits per heavy atom. The molecule has 2 heteroatoms. The molecule has 19 heavy (non-hydrogen) atoms. The molecule has 0 fully saturated rings. The maximum atomic E-state index is 5.50. The van der Waals surface area contributed by atoms with E-state index in [0.29, 0.717) is 13.2 Å². The predicted molar refractivity (Wildman–Crippen MR) is 76.0 cm³/mol. The van der Waals surface area contributed by atoms with E-state index in [9.17, 15) is 0 Å². The normalized spacial score (nSPS) is 9.53. The SMILES string of the molecule is COc1ccc(COCC#Cc2ccccc2)cc1. The first-order valence-corrected chi connectivity index (χ1v) is 6.13. The monoisotopic (exact) mass is 252 g/mol. The number of methoxy groups -OCH3 is 1. The second-order valence-corrected chi connectivity index (χ2v) is 4.01. The van der Waals surface area contributed by atoms with Crippen LogP contribution in [0.2, 0.25) is 0 Å². The van der Waals surface area contributed by atoms with Crippen molar-refractivity contribution in [2.24, 2.45) is 0 Å². The van der Waals surface area contributed by atoms with Crippen LogP contribution in [0, 0.1) is 11.8 Å². The Hall–Kier alpha value is -2.24. The molecule has 96 valence electrons. The third kappa shape index (κ3) is 4.50. The zero-order valence-electron chi connectivity index (χ0n) is 10.9. The Bertz CT molecular complexity index is 547. The van der Waals surface area contributed by atoms with Gasteiger partial charge in [-0.05, 0) is 29.8 Å². The summed E-state index contributed by atoms with van der Waals surface area (Å²) in [4.78, 5) is 0. The van der Waals surface area contributed by atoms with Crippen LogP contribution in [0.4, 0.5) is 0 Å². The van der Waals surface area contributed by atoms with E-state index in [0.717, 1.165) is 16.9 Å². The number of ether oxygens (including phenoxy) is 2. The van der Waals surface area contributed by atoms with Crippen molar-refractivity contribution in [3.05, 3.63) is 65.7 Å². The van der Waals surface area contributed by atoms with Crippen molar-refractivity contribution in [2.45, 2.75) is 6.61 Å². The zero-order valence-corrected chi connectivity index (χ0v) is 10.9. The van der Waals surface area contributed by atoms with E-state index < -0.39 is 0 Å². The average Bonchev–Trinajstić information content (AvgIpc) is 2.49. The van der Waals surface area contributed by atoms with Crippen LogP contribution in [-0.2, 0) is 11.3 Å². The van der Waals surface area contributed by atoms with Crippen molar-refractivity contribution >= 4 is 0 Å². The summed E-state index contributed by atoms with van der Waals surface area (Å²) in [6.07, 6.45) is 0. The van der Waals surface area contributed by atoms with E-state index in [2.05, 4.69) is 11.8 Å². The van der Waals surface area contributed by atoms with Crippen molar-refractivity contribution < 1.29 is 9.47 Å². The highest BCUT2D eigenvalue weighted by Crippen LogP contribution is 2.11. The minimum atomic E-state index is 0.431. The van der Waals surface area contributed by atoms with E-state index in [1.165, 1.54) is 0 Å². The van der Waals surface area contributed by atoms with Gasteiger partial charge in [0, 0.05) is 5.56 Å². The summed E-state index contributed by atoms with van der Waals surface area (Å²) in [5.41, 5.74) is 2.12. The fraction of sp³-hybridized carbons (Fsp3) is 0.176. The van der Waals surface area contributed by atoms with E-state index >= 15 is 0 Å². The van der Waals surface area contributed by atoms with Crippen LogP contribution in [0.5, 0.6) is 5.75 Å². The van der Waals surface area contributed by atoms with Gasteiger partial charge in [-0.25, -0.2) is 0 Å². The van der Waals surface area contributed by atoms with Crippen molar-refractivity contribution in [1.82, 2.24) is 0 Å². The molecule has 0 atom stereocenters. The van der Waals surface area contributed by atoms with Crippen molar-refractivity contribution in [1.29, 1.82) is 0 Å². The van der Waals surface area contributed by atoms with Gasteiger partial charge in [-0.1, -0.05) is 42.2 Å². The Morgan fingerprint density at radius 1 is 0.947 bits per heavy atom. The fourth-order valence-corrected chi connectivity index (χ4v) is 1.60. The molecule has 0 heterocycles. The van der Waals surface area contributed by atoms with Crippen LogP contribution < -0.4 is 4.74 Å². The quantitative estimate of drug-likeness (QED) is 0.614. The summed E-state index contributed by atoms with van der Waals surface area (Å²) in [7, 11) is 1.66. The van der Waals surface area contributed by atoms with Crippen molar-refractivity contribution in [2.75, 3.05) is 13.7 Å². The molecule has 0 aliphatic carbocycles.